The Morgan fingerprint density at radius 1 is 0.812 bits per heavy atom. The molecule has 0 aliphatic heterocycles. The van der Waals surface area contributed by atoms with Gasteiger partial charge >= 0.3 is 0 Å². The van der Waals surface area contributed by atoms with Crippen LogP contribution in [-0.2, 0) is 12.8 Å². The van der Waals surface area contributed by atoms with Crippen molar-refractivity contribution in [2.45, 2.75) is 52.4 Å². The van der Waals surface area contributed by atoms with E-state index in [0.717, 1.165) is 25.7 Å². The molecule has 0 spiro atoms. The molecule has 0 atom stereocenters. The number of aryl methyl sites for hydroxylation is 2. The van der Waals surface area contributed by atoms with Gasteiger partial charge in [-0.3, -0.25) is 0 Å². The molecule has 1 aromatic rings. The summed E-state index contributed by atoms with van der Waals surface area (Å²) in [5.74, 6) is -1.22. The number of rotatable bonds is 6. The molecule has 1 rings (SSSR count). The Bertz CT molecular complexity index is 306. The lowest BCUT2D eigenvalue weighted by Gasteiger charge is -2.05. The maximum Gasteiger partial charge on any atom is 0.235 e. The normalized spacial score (nSPS) is 10.8. The van der Waals surface area contributed by atoms with E-state index in [-0.39, 0.29) is 11.4 Å². The summed E-state index contributed by atoms with van der Waals surface area (Å²) in [7, 11) is 0. The lowest BCUT2D eigenvalue weighted by molar-refractivity contribution is 0.484. The van der Waals surface area contributed by atoms with Gasteiger partial charge in [-0.1, -0.05) is 26.7 Å². The minimum atomic E-state index is -0.610. The van der Waals surface area contributed by atoms with Gasteiger partial charge in [-0.2, -0.15) is 8.78 Å². The number of halogens is 2. The van der Waals surface area contributed by atoms with Crippen molar-refractivity contribution in [2.24, 2.45) is 0 Å². The van der Waals surface area contributed by atoms with Gasteiger partial charge in [0.2, 0.25) is 11.9 Å². The van der Waals surface area contributed by atoms with Crippen LogP contribution in [0.15, 0.2) is 0 Å². The second-order valence-electron chi connectivity index (χ2n) is 3.91. The maximum atomic E-state index is 13.4. The van der Waals surface area contributed by atoms with Crippen LogP contribution in [0.25, 0.3) is 0 Å². The largest absolute Gasteiger partial charge is 0.235 e. The molecule has 1 heterocycles. The van der Waals surface area contributed by atoms with Gasteiger partial charge in [-0.15, -0.1) is 0 Å². The summed E-state index contributed by atoms with van der Waals surface area (Å²) in [5.41, 5.74) is 0.305. The number of aromatic nitrogens is 2. The standard InChI is InChI=1S/C12H18F2N2/c1-3-5-7-9-11(13)16-10(8-6-4-2)12(14)15-9/h3-8H2,1-2H3. The van der Waals surface area contributed by atoms with Gasteiger partial charge in [0, 0.05) is 0 Å². The van der Waals surface area contributed by atoms with E-state index >= 15 is 0 Å². The molecular weight excluding hydrogens is 210 g/mol. The molecule has 0 saturated heterocycles. The fraction of sp³-hybridized carbons (Fsp3) is 0.667. The number of hydrogen-bond acceptors (Lipinski definition) is 2. The van der Waals surface area contributed by atoms with Gasteiger partial charge in [-0.05, 0) is 25.7 Å². The summed E-state index contributed by atoms with van der Waals surface area (Å²) in [6.45, 7) is 3.99. The molecule has 0 amide bonds. The Morgan fingerprint density at radius 2 is 1.19 bits per heavy atom. The van der Waals surface area contributed by atoms with Crippen LogP contribution in [0.2, 0.25) is 0 Å². The van der Waals surface area contributed by atoms with Crippen LogP contribution < -0.4 is 0 Å². The summed E-state index contributed by atoms with van der Waals surface area (Å²) >= 11 is 0. The predicted octanol–water partition coefficient (Wildman–Crippen LogP) is 3.44. The molecule has 0 bridgehead atoms. The lowest BCUT2D eigenvalue weighted by atomic mass is 10.2. The summed E-state index contributed by atoms with van der Waals surface area (Å²) < 4.78 is 26.9. The number of nitrogens with zero attached hydrogens (tertiary/aromatic N) is 2. The SMILES string of the molecule is CCCCc1nc(F)c(CCCC)nc1F. The molecule has 0 aromatic carbocycles. The Morgan fingerprint density at radius 3 is 1.50 bits per heavy atom. The molecule has 1 aromatic heterocycles. The first kappa shape index (κ1) is 13.0. The average Bonchev–Trinajstić information content (AvgIpc) is 2.28. The van der Waals surface area contributed by atoms with Crippen LogP contribution in [0.3, 0.4) is 0 Å². The zero-order valence-electron chi connectivity index (χ0n) is 9.89. The number of unbranched alkanes of at least 4 members (excludes halogenated alkanes) is 2. The fourth-order valence-corrected chi connectivity index (χ4v) is 1.46. The minimum absolute atomic E-state index is 0.152. The molecule has 0 radical (unpaired) electrons. The minimum Gasteiger partial charge on any atom is -0.218 e. The van der Waals surface area contributed by atoms with Crippen molar-refractivity contribution in [1.29, 1.82) is 0 Å². The fourth-order valence-electron chi connectivity index (χ4n) is 1.46. The highest BCUT2D eigenvalue weighted by molar-refractivity contribution is 5.07. The molecule has 16 heavy (non-hydrogen) atoms. The summed E-state index contributed by atoms with van der Waals surface area (Å²) in [5, 5.41) is 0. The van der Waals surface area contributed by atoms with Gasteiger partial charge < -0.3 is 0 Å². The monoisotopic (exact) mass is 228 g/mol. The van der Waals surface area contributed by atoms with Crippen molar-refractivity contribution in [3.63, 3.8) is 0 Å². The van der Waals surface area contributed by atoms with E-state index in [0.29, 0.717) is 12.8 Å². The first-order valence-electron chi connectivity index (χ1n) is 5.89. The van der Waals surface area contributed by atoms with Crippen molar-refractivity contribution in [1.82, 2.24) is 9.97 Å². The molecule has 0 saturated carbocycles. The van der Waals surface area contributed by atoms with Crippen molar-refractivity contribution in [3.05, 3.63) is 23.3 Å². The molecule has 0 aliphatic carbocycles. The Hall–Kier alpha value is -1.06. The number of hydrogen-bond donors (Lipinski definition) is 0. The van der Waals surface area contributed by atoms with Crippen LogP contribution in [0.4, 0.5) is 8.78 Å². The summed E-state index contributed by atoms with van der Waals surface area (Å²) in [6.07, 6.45) is 4.39. The highest BCUT2D eigenvalue weighted by Gasteiger charge is 2.12. The Kier molecular flexibility index (Phi) is 5.29. The van der Waals surface area contributed by atoms with Crippen molar-refractivity contribution in [2.75, 3.05) is 0 Å². The second kappa shape index (κ2) is 6.51. The van der Waals surface area contributed by atoms with Crippen LogP contribution in [0.5, 0.6) is 0 Å². The van der Waals surface area contributed by atoms with E-state index in [1.54, 1.807) is 0 Å². The third-order valence-corrected chi connectivity index (χ3v) is 2.48. The topological polar surface area (TPSA) is 25.8 Å². The van der Waals surface area contributed by atoms with E-state index in [1.165, 1.54) is 0 Å². The van der Waals surface area contributed by atoms with Crippen LogP contribution in [-0.4, -0.2) is 9.97 Å². The second-order valence-corrected chi connectivity index (χ2v) is 3.91. The zero-order chi connectivity index (χ0) is 12.0. The van der Waals surface area contributed by atoms with Gasteiger partial charge in [0.1, 0.15) is 0 Å². The molecular formula is C12H18F2N2. The van der Waals surface area contributed by atoms with Crippen LogP contribution in [0.1, 0.15) is 50.9 Å². The first-order valence-corrected chi connectivity index (χ1v) is 5.89. The van der Waals surface area contributed by atoms with Gasteiger partial charge in [-0.25, -0.2) is 9.97 Å². The molecule has 0 aliphatic rings. The van der Waals surface area contributed by atoms with Crippen molar-refractivity contribution < 1.29 is 8.78 Å². The van der Waals surface area contributed by atoms with E-state index in [9.17, 15) is 8.78 Å². The van der Waals surface area contributed by atoms with E-state index in [4.69, 9.17) is 0 Å². The quantitative estimate of drug-likeness (QED) is 0.745. The third-order valence-electron chi connectivity index (χ3n) is 2.48. The molecule has 4 heteroatoms. The molecule has 0 fully saturated rings. The van der Waals surface area contributed by atoms with E-state index in [1.807, 2.05) is 13.8 Å². The lowest BCUT2D eigenvalue weighted by Crippen LogP contribution is -2.07. The van der Waals surface area contributed by atoms with Gasteiger partial charge in [0.15, 0.2) is 0 Å². The summed E-state index contributed by atoms with van der Waals surface area (Å²) in [6, 6.07) is 0. The Balaban J connectivity index is 2.79. The summed E-state index contributed by atoms with van der Waals surface area (Å²) in [4.78, 5) is 7.32. The van der Waals surface area contributed by atoms with Crippen molar-refractivity contribution >= 4 is 0 Å². The van der Waals surface area contributed by atoms with Crippen LogP contribution in [0, 0.1) is 11.9 Å². The molecule has 2 nitrogen and oxygen atoms in total. The van der Waals surface area contributed by atoms with E-state index in [2.05, 4.69) is 9.97 Å². The molecule has 0 unspecified atom stereocenters. The molecule has 0 N–H and O–H groups in total. The Labute approximate surface area is 95.1 Å². The van der Waals surface area contributed by atoms with Gasteiger partial charge in [0.05, 0.1) is 11.4 Å². The highest BCUT2D eigenvalue weighted by Crippen LogP contribution is 2.11. The van der Waals surface area contributed by atoms with E-state index < -0.39 is 11.9 Å². The molecule has 90 valence electrons. The third kappa shape index (κ3) is 3.51. The first-order chi connectivity index (χ1) is 7.69. The van der Waals surface area contributed by atoms with Crippen LogP contribution >= 0.6 is 0 Å². The smallest absolute Gasteiger partial charge is 0.218 e. The van der Waals surface area contributed by atoms with Gasteiger partial charge in [0.25, 0.3) is 0 Å². The predicted molar refractivity (Wildman–Crippen MR) is 59.2 cm³/mol. The average molecular weight is 228 g/mol. The van der Waals surface area contributed by atoms with Crippen molar-refractivity contribution in [3.8, 4) is 0 Å². The highest BCUT2D eigenvalue weighted by atomic mass is 19.1. The maximum absolute atomic E-state index is 13.4. The zero-order valence-corrected chi connectivity index (χ0v) is 9.89.